The Morgan fingerprint density at radius 1 is 1.46 bits per heavy atom. The molecule has 13 heavy (non-hydrogen) atoms. The number of amides is 1. The molecular weight excluding hydrogens is 164 g/mol. The number of rotatable bonds is 2. The van der Waals surface area contributed by atoms with Gasteiger partial charge < -0.3 is 10.2 Å². The molecule has 72 valence electrons. The van der Waals surface area contributed by atoms with Crippen LogP contribution >= 0.6 is 0 Å². The second-order valence-corrected chi connectivity index (χ2v) is 3.07. The van der Waals surface area contributed by atoms with E-state index in [1.165, 1.54) is 0 Å². The van der Waals surface area contributed by atoms with Crippen LogP contribution in [-0.2, 0) is 4.79 Å². The number of nitrogens with zero attached hydrogens (tertiary/aromatic N) is 1. The van der Waals surface area contributed by atoms with E-state index in [0.29, 0.717) is 5.57 Å². The van der Waals surface area contributed by atoms with Gasteiger partial charge in [0.05, 0.1) is 0 Å². The first-order chi connectivity index (χ1) is 6.25. The molecule has 0 aromatic rings. The summed E-state index contributed by atoms with van der Waals surface area (Å²) in [6, 6.07) is 0. The number of hydrogen-bond donors (Lipinski definition) is 1. The molecule has 0 spiro atoms. The summed E-state index contributed by atoms with van der Waals surface area (Å²) < 4.78 is 0. The van der Waals surface area contributed by atoms with E-state index in [2.05, 4.69) is 11.9 Å². The van der Waals surface area contributed by atoms with Crippen LogP contribution in [0.1, 0.15) is 6.92 Å². The van der Waals surface area contributed by atoms with Gasteiger partial charge in [0.15, 0.2) is 0 Å². The Kier molecular flexibility index (Phi) is 3.71. The van der Waals surface area contributed by atoms with Crippen LogP contribution in [-0.4, -0.2) is 37.0 Å². The summed E-state index contributed by atoms with van der Waals surface area (Å²) >= 11 is 0. The van der Waals surface area contributed by atoms with Crippen molar-refractivity contribution >= 4 is 5.91 Å². The minimum Gasteiger partial charge on any atom is -0.336 e. The number of carbonyl (C=O) groups is 1. The van der Waals surface area contributed by atoms with Gasteiger partial charge in [-0.05, 0) is 6.92 Å². The van der Waals surface area contributed by atoms with E-state index < -0.39 is 0 Å². The summed E-state index contributed by atoms with van der Waals surface area (Å²) in [4.78, 5) is 13.5. The highest BCUT2D eigenvalue weighted by molar-refractivity contribution is 5.95. The summed E-state index contributed by atoms with van der Waals surface area (Å²) in [5.41, 5.74) is 0.574. The van der Waals surface area contributed by atoms with Crippen molar-refractivity contribution in [3.05, 3.63) is 24.3 Å². The lowest BCUT2D eigenvalue weighted by atomic mass is 10.2. The van der Waals surface area contributed by atoms with E-state index in [-0.39, 0.29) is 5.91 Å². The van der Waals surface area contributed by atoms with E-state index >= 15 is 0 Å². The van der Waals surface area contributed by atoms with Gasteiger partial charge >= 0.3 is 0 Å². The molecule has 0 saturated carbocycles. The molecule has 0 aromatic heterocycles. The molecule has 0 radical (unpaired) electrons. The lowest BCUT2D eigenvalue weighted by Gasteiger charge is -2.27. The topological polar surface area (TPSA) is 32.3 Å². The van der Waals surface area contributed by atoms with Crippen molar-refractivity contribution in [2.24, 2.45) is 0 Å². The number of carbonyl (C=O) groups excluding carboxylic acids is 1. The molecule has 1 fully saturated rings. The monoisotopic (exact) mass is 180 g/mol. The second kappa shape index (κ2) is 4.82. The Hall–Kier alpha value is -1.09. The summed E-state index contributed by atoms with van der Waals surface area (Å²) in [7, 11) is 0. The van der Waals surface area contributed by atoms with Gasteiger partial charge in [0.1, 0.15) is 0 Å². The van der Waals surface area contributed by atoms with E-state index in [1.54, 1.807) is 6.08 Å². The third kappa shape index (κ3) is 2.70. The zero-order valence-corrected chi connectivity index (χ0v) is 8.05. The maximum atomic E-state index is 11.6. The fourth-order valence-electron chi connectivity index (χ4n) is 1.34. The molecule has 1 aliphatic heterocycles. The Balaban J connectivity index is 2.50. The minimum absolute atomic E-state index is 0.0552. The van der Waals surface area contributed by atoms with Crippen LogP contribution in [0.25, 0.3) is 0 Å². The van der Waals surface area contributed by atoms with Gasteiger partial charge in [-0.3, -0.25) is 4.79 Å². The van der Waals surface area contributed by atoms with E-state index in [1.807, 2.05) is 17.9 Å². The van der Waals surface area contributed by atoms with Crippen LogP contribution in [0.4, 0.5) is 0 Å². The third-order valence-corrected chi connectivity index (χ3v) is 2.05. The first kappa shape index (κ1) is 9.99. The average molecular weight is 180 g/mol. The Labute approximate surface area is 79.1 Å². The molecule has 1 rings (SSSR count). The van der Waals surface area contributed by atoms with E-state index in [4.69, 9.17) is 0 Å². The SMILES string of the molecule is C=C(/C=C\C)C(=O)N1CCNCC1. The fraction of sp³-hybridized carbons (Fsp3) is 0.500. The Morgan fingerprint density at radius 3 is 2.62 bits per heavy atom. The van der Waals surface area contributed by atoms with Crippen molar-refractivity contribution in [1.82, 2.24) is 10.2 Å². The molecule has 0 unspecified atom stereocenters. The van der Waals surface area contributed by atoms with Gasteiger partial charge in [0, 0.05) is 31.8 Å². The van der Waals surface area contributed by atoms with Crippen molar-refractivity contribution in [2.45, 2.75) is 6.92 Å². The average Bonchev–Trinajstić information content (AvgIpc) is 2.18. The lowest BCUT2D eigenvalue weighted by Crippen LogP contribution is -2.46. The van der Waals surface area contributed by atoms with Gasteiger partial charge in [-0.25, -0.2) is 0 Å². The number of hydrogen-bond acceptors (Lipinski definition) is 2. The largest absolute Gasteiger partial charge is 0.336 e. The lowest BCUT2D eigenvalue weighted by molar-refractivity contribution is -0.127. The summed E-state index contributed by atoms with van der Waals surface area (Å²) in [6.07, 6.45) is 3.59. The number of allylic oxidation sites excluding steroid dienone is 1. The van der Waals surface area contributed by atoms with Crippen LogP contribution in [0, 0.1) is 0 Å². The van der Waals surface area contributed by atoms with Crippen LogP contribution in [0.3, 0.4) is 0 Å². The van der Waals surface area contributed by atoms with Crippen molar-refractivity contribution in [3.63, 3.8) is 0 Å². The van der Waals surface area contributed by atoms with Gasteiger partial charge in [0.2, 0.25) is 0 Å². The molecule has 1 aliphatic rings. The maximum absolute atomic E-state index is 11.6. The highest BCUT2D eigenvalue weighted by Crippen LogP contribution is 2.02. The van der Waals surface area contributed by atoms with Gasteiger partial charge in [-0.2, -0.15) is 0 Å². The highest BCUT2D eigenvalue weighted by Gasteiger charge is 2.16. The standard InChI is InChI=1S/C10H16N2O/c1-3-4-9(2)10(13)12-7-5-11-6-8-12/h3-4,11H,2,5-8H2,1H3/b4-3-. The molecule has 1 N–H and O–H groups in total. The zero-order valence-electron chi connectivity index (χ0n) is 8.05. The van der Waals surface area contributed by atoms with Crippen molar-refractivity contribution in [1.29, 1.82) is 0 Å². The molecule has 3 nitrogen and oxygen atoms in total. The van der Waals surface area contributed by atoms with E-state index in [0.717, 1.165) is 26.2 Å². The predicted molar refractivity (Wildman–Crippen MR) is 53.4 cm³/mol. The summed E-state index contributed by atoms with van der Waals surface area (Å²) in [6.45, 7) is 8.95. The quantitative estimate of drug-likeness (QED) is 0.497. The van der Waals surface area contributed by atoms with Gasteiger partial charge in [-0.15, -0.1) is 0 Å². The maximum Gasteiger partial charge on any atom is 0.253 e. The van der Waals surface area contributed by atoms with Crippen molar-refractivity contribution in [3.8, 4) is 0 Å². The van der Waals surface area contributed by atoms with Crippen LogP contribution in [0.2, 0.25) is 0 Å². The minimum atomic E-state index is 0.0552. The van der Waals surface area contributed by atoms with Crippen LogP contribution in [0.15, 0.2) is 24.3 Å². The molecule has 0 atom stereocenters. The van der Waals surface area contributed by atoms with Crippen LogP contribution in [0.5, 0.6) is 0 Å². The molecule has 0 bridgehead atoms. The van der Waals surface area contributed by atoms with Gasteiger partial charge in [0.25, 0.3) is 5.91 Å². The van der Waals surface area contributed by atoms with Crippen LogP contribution < -0.4 is 5.32 Å². The van der Waals surface area contributed by atoms with Gasteiger partial charge in [-0.1, -0.05) is 18.7 Å². The normalized spacial score (nSPS) is 17.8. The Bertz CT molecular complexity index is 227. The number of piperazine rings is 1. The highest BCUT2D eigenvalue weighted by atomic mass is 16.2. The summed E-state index contributed by atoms with van der Waals surface area (Å²) in [5.74, 6) is 0.0552. The molecular formula is C10H16N2O. The van der Waals surface area contributed by atoms with Crippen molar-refractivity contribution in [2.75, 3.05) is 26.2 Å². The smallest absolute Gasteiger partial charge is 0.253 e. The zero-order chi connectivity index (χ0) is 9.68. The summed E-state index contributed by atoms with van der Waals surface area (Å²) in [5, 5.41) is 3.20. The molecule has 0 aromatic carbocycles. The molecule has 0 aliphatic carbocycles. The van der Waals surface area contributed by atoms with E-state index in [9.17, 15) is 4.79 Å². The fourth-order valence-corrected chi connectivity index (χ4v) is 1.34. The first-order valence-electron chi connectivity index (χ1n) is 4.57. The van der Waals surface area contributed by atoms with Crippen molar-refractivity contribution < 1.29 is 4.79 Å². The molecule has 1 heterocycles. The number of nitrogens with one attached hydrogen (secondary N) is 1. The molecule has 1 amide bonds. The predicted octanol–water partition coefficient (Wildman–Crippen LogP) is 0.550. The second-order valence-electron chi connectivity index (χ2n) is 3.07. The molecule has 3 heteroatoms. The first-order valence-corrected chi connectivity index (χ1v) is 4.57. The third-order valence-electron chi connectivity index (χ3n) is 2.05. The molecule has 1 saturated heterocycles. The Morgan fingerprint density at radius 2 is 2.08 bits per heavy atom.